The summed E-state index contributed by atoms with van der Waals surface area (Å²) in [5, 5.41) is 8.93. The Morgan fingerprint density at radius 1 is 1.50 bits per heavy atom. The second kappa shape index (κ2) is 5.62. The van der Waals surface area contributed by atoms with Gasteiger partial charge in [-0.3, -0.25) is 10.0 Å². The fourth-order valence-electron chi connectivity index (χ4n) is 1.07. The van der Waals surface area contributed by atoms with Crippen molar-refractivity contribution >= 4 is 17.5 Å². The molecule has 0 unspecified atom stereocenters. The molecule has 0 heterocycles. The summed E-state index contributed by atoms with van der Waals surface area (Å²) in [5.41, 5.74) is 2.53. The molecule has 14 heavy (non-hydrogen) atoms. The van der Waals surface area contributed by atoms with Crippen LogP contribution in [0.3, 0.4) is 0 Å². The van der Waals surface area contributed by atoms with E-state index in [-0.39, 0.29) is 6.42 Å². The minimum absolute atomic E-state index is 0.182. The van der Waals surface area contributed by atoms with Crippen LogP contribution < -0.4 is 5.48 Å². The van der Waals surface area contributed by atoms with Crippen LogP contribution in [0.5, 0.6) is 0 Å². The van der Waals surface area contributed by atoms with Gasteiger partial charge >= 0.3 is 0 Å². The SMILES string of the molecule is O=C(C[CH]Cc1ccccc1Cl)NO. The van der Waals surface area contributed by atoms with Crippen LogP contribution in [0.1, 0.15) is 12.0 Å². The van der Waals surface area contributed by atoms with Gasteiger partial charge in [0.2, 0.25) is 5.91 Å². The van der Waals surface area contributed by atoms with Crippen LogP contribution in [0, 0.1) is 6.42 Å². The maximum Gasteiger partial charge on any atom is 0.243 e. The van der Waals surface area contributed by atoms with Crippen molar-refractivity contribution in [2.45, 2.75) is 12.8 Å². The van der Waals surface area contributed by atoms with E-state index in [1.165, 1.54) is 0 Å². The lowest BCUT2D eigenvalue weighted by Crippen LogP contribution is -2.18. The van der Waals surface area contributed by atoms with E-state index in [1.54, 1.807) is 18.0 Å². The van der Waals surface area contributed by atoms with Crippen molar-refractivity contribution in [1.29, 1.82) is 0 Å². The number of rotatable bonds is 4. The topological polar surface area (TPSA) is 49.3 Å². The van der Waals surface area contributed by atoms with E-state index >= 15 is 0 Å². The summed E-state index contributed by atoms with van der Waals surface area (Å²) >= 11 is 5.90. The zero-order chi connectivity index (χ0) is 10.4. The lowest BCUT2D eigenvalue weighted by Gasteiger charge is -2.02. The number of hydrogen-bond acceptors (Lipinski definition) is 2. The van der Waals surface area contributed by atoms with Gasteiger partial charge in [0.05, 0.1) is 0 Å². The Balaban J connectivity index is 2.39. The Morgan fingerprint density at radius 3 is 2.86 bits per heavy atom. The molecule has 0 aliphatic heterocycles. The molecule has 0 aliphatic carbocycles. The van der Waals surface area contributed by atoms with Gasteiger partial charge in [0, 0.05) is 11.4 Å². The summed E-state index contributed by atoms with van der Waals surface area (Å²) in [7, 11) is 0. The van der Waals surface area contributed by atoms with Crippen molar-refractivity contribution in [1.82, 2.24) is 5.48 Å². The monoisotopic (exact) mass is 212 g/mol. The first-order valence-electron chi connectivity index (χ1n) is 4.22. The zero-order valence-corrected chi connectivity index (χ0v) is 8.29. The summed E-state index contributed by atoms with van der Waals surface area (Å²) < 4.78 is 0. The molecule has 1 radical (unpaired) electrons. The second-order valence-corrected chi connectivity index (χ2v) is 3.23. The predicted octanol–water partition coefficient (Wildman–Crippen LogP) is 1.98. The van der Waals surface area contributed by atoms with E-state index < -0.39 is 5.91 Å². The number of benzene rings is 1. The van der Waals surface area contributed by atoms with Gasteiger partial charge in [-0.05, 0) is 24.5 Å². The Labute approximate surface area is 87.7 Å². The quantitative estimate of drug-likeness (QED) is 0.592. The van der Waals surface area contributed by atoms with Gasteiger partial charge < -0.3 is 0 Å². The van der Waals surface area contributed by atoms with E-state index in [1.807, 2.05) is 18.2 Å². The average molecular weight is 213 g/mol. The summed E-state index contributed by atoms with van der Waals surface area (Å²) in [4.78, 5) is 10.7. The smallest absolute Gasteiger partial charge is 0.243 e. The molecule has 4 heteroatoms. The third-order valence-electron chi connectivity index (χ3n) is 1.78. The third kappa shape index (κ3) is 3.36. The maximum absolute atomic E-state index is 10.7. The van der Waals surface area contributed by atoms with Crippen molar-refractivity contribution in [2.75, 3.05) is 0 Å². The van der Waals surface area contributed by atoms with Crippen molar-refractivity contribution in [2.24, 2.45) is 0 Å². The van der Waals surface area contributed by atoms with Crippen molar-refractivity contribution in [3.63, 3.8) is 0 Å². The Morgan fingerprint density at radius 2 is 2.21 bits per heavy atom. The van der Waals surface area contributed by atoms with Crippen LogP contribution in [0.15, 0.2) is 24.3 Å². The van der Waals surface area contributed by atoms with Gasteiger partial charge in [-0.15, -0.1) is 0 Å². The number of hydroxylamine groups is 1. The molecule has 0 atom stereocenters. The molecule has 1 rings (SSSR count). The van der Waals surface area contributed by atoms with Crippen LogP contribution >= 0.6 is 11.6 Å². The molecule has 0 fully saturated rings. The molecule has 1 aromatic rings. The van der Waals surface area contributed by atoms with Crippen LogP contribution in [-0.2, 0) is 11.2 Å². The number of nitrogens with one attached hydrogen (secondary N) is 1. The lowest BCUT2D eigenvalue weighted by molar-refractivity contribution is -0.128. The van der Waals surface area contributed by atoms with E-state index in [4.69, 9.17) is 16.8 Å². The highest BCUT2D eigenvalue weighted by molar-refractivity contribution is 6.31. The highest BCUT2D eigenvalue weighted by Gasteiger charge is 2.02. The molecule has 1 aromatic carbocycles. The molecule has 3 nitrogen and oxygen atoms in total. The van der Waals surface area contributed by atoms with Crippen LogP contribution in [0.4, 0.5) is 0 Å². The van der Waals surface area contributed by atoms with E-state index in [2.05, 4.69) is 0 Å². The fraction of sp³-hybridized carbons (Fsp3) is 0.200. The number of amides is 1. The predicted molar refractivity (Wildman–Crippen MR) is 54.0 cm³/mol. The maximum atomic E-state index is 10.7. The molecular weight excluding hydrogens is 202 g/mol. The molecule has 75 valence electrons. The number of hydrogen-bond donors (Lipinski definition) is 2. The minimum atomic E-state index is -0.419. The minimum Gasteiger partial charge on any atom is -0.289 e. The number of halogens is 1. The number of carbonyl (C=O) groups is 1. The van der Waals surface area contributed by atoms with E-state index in [0.29, 0.717) is 11.4 Å². The summed E-state index contributed by atoms with van der Waals surface area (Å²) in [5.74, 6) is -0.419. The first-order chi connectivity index (χ1) is 6.74. The zero-order valence-electron chi connectivity index (χ0n) is 7.53. The van der Waals surface area contributed by atoms with E-state index in [0.717, 1.165) is 5.56 Å². The first kappa shape index (κ1) is 11.0. The van der Waals surface area contributed by atoms with Crippen LogP contribution in [0.2, 0.25) is 5.02 Å². The van der Waals surface area contributed by atoms with Crippen LogP contribution in [-0.4, -0.2) is 11.1 Å². The highest BCUT2D eigenvalue weighted by atomic mass is 35.5. The van der Waals surface area contributed by atoms with Gasteiger partial charge in [0.25, 0.3) is 0 Å². The molecule has 0 spiro atoms. The number of carbonyl (C=O) groups excluding carboxylic acids is 1. The molecule has 0 aliphatic rings. The molecule has 1 amide bonds. The van der Waals surface area contributed by atoms with Gasteiger partial charge in [-0.2, -0.15) is 0 Å². The summed E-state index contributed by atoms with van der Waals surface area (Å²) in [6.07, 6.45) is 2.56. The molecule has 0 bridgehead atoms. The van der Waals surface area contributed by atoms with E-state index in [9.17, 15) is 4.79 Å². The highest BCUT2D eigenvalue weighted by Crippen LogP contribution is 2.16. The summed E-state index contributed by atoms with van der Waals surface area (Å²) in [6, 6.07) is 7.44. The Kier molecular flexibility index (Phi) is 4.43. The van der Waals surface area contributed by atoms with Gasteiger partial charge in [0.1, 0.15) is 0 Å². The fourth-order valence-corrected chi connectivity index (χ4v) is 1.28. The largest absolute Gasteiger partial charge is 0.289 e. The van der Waals surface area contributed by atoms with Crippen molar-refractivity contribution in [3.8, 4) is 0 Å². The first-order valence-corrected chi connectivity index (χ1v) is 4.60. The Bertz CT molecular complexity index is 315. The normalized spacial score (nSPS) is 9.86. The molecule has 0 aromatic heterocycles. The van der Waals surface area contributed by atoms with Crippen molar-refractivity contribution < 1.29 is 10.0 Å². The summed E-state index contributed by atoms with van der Waals surface area (Å²) in [6.45, 7) is 0. The molecular formula is C10H11ClNO2. The molecule has 0 saturated carbocycles. The van der Waals surface area contributed by atoms with Crippen LogP contribution in [0.25, 0.3) is 0 Å². The van der Waals surface area contributed by atoms with Gasteiger partial charge in [-0.25, -0.2) is 5.48 Å². The van der Waals surface area contributed by atoms with Gasteiger partial charge in [0.15, 0.2) is 0 Å². The van der Waals surface area contributed by atoms with Gasteiger partial charge in [-0.1, -0.05) is 29.8 Å². The second-order valence-electron chi connectivity index (χ2n) is 2.82. The molecule has 0 saturated heterocycles. The standard InChI is InChI=1S/C10H11ClNO2/c11-9-6-2-1-4-8(9)5-3-7-10(13)12-14/h1-4,6,14H,5,7H2,(H,12,13). The molecule has 2 N–H and O–H groups in total. The lowest BCUT2D eigenvalue weighted by atomic mass is 10.1. The van der Waals surface area contributed by atoms with Crippen molar-refractivity contribution in [3.05, 3.63) is 41.3 Å². The average Bonchev–Trinajstić information content (AvgIpc) is 2.20. The third-order valence-corrected chi connectivity index (χ3v) is 2.15. The Hall–Kier alpha value is -1.06.